The summed E-state index contributed by atoms with van der Waals surface area (Å²) in [5.41, 5.74) is 1.28. The fourth-order valence-corrected chi connectivity index (χ4v) is 3.08. The molecule has 0 saturated carbocycles. The molecule has 1 aliphatic heterocycles. The van der Waals surface area contributed by atoms with Gasteiger partial charge in [0.05, 0.1) is 6.04 Å². The van der Waals surface area contributed by atoms with Crippen molar-refractivity contribution in [3.05, 3.63) is 41.8 Å². The maximum Gasteiger partial charge on any atom is 0.243 e. The Morgan fingerprint density at radius 1 is 1.13 bits per heavy atom. The van der Waals surface area contributed by atoms with Gasteiger partial charge >= 0.3 is 0 Å². The lowest BCUT2D eigenvalue weighted by Crippen LogP contribution is -2.47. The van der Waals surface area contributed by atoms with Crippen LogP contribution in [0, 0.1) is 0 Å². The van der Waals surface area contributed by atoms with Gasteiger partial charge in [0.25, 0.3) is 0 Å². The molecular formula is C17H25N5O. The second-order valence-electron chi connectivity index (χ2n) is 6.11. The number of rotatable bonds is 5. The van der Waals surface area contributed by atoms with E-state index in [-0.39, 0.29) is 6.04 Å². The van der Waals surface area contributed by atoms with Crippen LogP contribution in [-0.4, -0.2) is 51.1 Å². The maximum absolute atomic E-state index is 5.39. The van der Waals surface area contributed by atoms with Crippen LogP contribution in [0.15, 0.2) is 29.0 Å². The smallest absolute Gasteiger partial charge is 0.243 e. The first-order valence-electron chi connectivity index (χ1n) is 8.39. The minimum atomic E-state index is 0.179. The van der Waals surface area contributed by atoms with Gasteiger partial charge in [0.15, 0.2) is 5.82 Å². The molecule has 0 amide bonds. The van der Waals surface area contributed by atoms with Crippen LogP contribution in [0.2, 0.25) is 0 Å². The number of aryl methyl sites for hydroxylation is 1. The fraction of sp³-hybridized carbons (Fsp3) is 0.588. The highest BCUT2D eigenvalue weighted by Crippen LogP contribution is 2.24. The van der Waals surface area contributed by atoms with Crippen molar-refractivity contribution in [3.8, 4) is 0 Å². The van der Waals surface area contributed by atoms with Crippen LogP contribution >= 0.6 is 0 Å². The highest BCUT2D eigenvalue weighted by Gasteiger charge is 2.27. The van der Waals surface area contributed by atoms with Crippen LogP contribution in [-0.2, 0) is 6.42 Å². The summed E-state index contributed by atoms with van der Waals surface area (Å²) in [4.78, 5) is 13.6. The van der Waals surface area contributed by atoms with E-state index in [0.29, 0.717) is 6.04 Å². The topological polar surface area (TPSA) is 58.3 Å². The van der Waals surface area contributed by atoms with Gasteiger partial charge in [0.2, 0.25) is 5.89 Å². The van der Waals surface area contributed by atoms with Gasteiger partial charge < -0.3 is 4.52 Å². The van der Waals surface area contributed by atoms with E-state index < -0.39 is 0 Å². The highest BCUT2D eigenvalue weighted by atomic mass is 16.5. The average Bonchev–Trinajstić information content (AvgIpc) is 3.10. The van der Waals surface area contributed by atoms with Crippen molar-refractivity contribution in [2.45, 2.75) is 39.3 Å². The van der Waals surface area contributed by atoms with Gasteiger partial charge in [-0.25, -0.2) is 0 Å². The largest absolute Gasteiger partial charge is 0.338 e. The summed E-state index contributed by atoms with van der Waals surface area (Å²) < 4.78 is 5.39. The summed E-state index contributed by atoms with van der Waals surface area (Å²) >= 11 is 0. The molecule has 0 N–H and O–H groups in total. The van der Waals surface area contributed by atoms with E-state index in [4.69, 9.17) is 4.52 Å². The summed E-state index contributed by atoms with van der Waals surface area (Å²) in [5, 5.41) is 4.00. The molecule has 1 saturated heterocycles. The lowest BCUT2D eigenvalue weighted by Gasteiger charge is -2.39. The number of piperazine rings is 1. The normalized spacial score (nSPS) is 19.6. The van der Waals surface area contributed by atoms with Gasteiger partial charge in [-0.3, -0.25) is 14.8 Å². The monoisotopic (exact) mass is 315 g/mol. The first kappa shape index (κ1) is 16.1. The van der Waals surface area contributed by atoms with Crippen molar-refractivity contribution in [2.24, 2.45) is 0 Å². The average molecular weight is 315 g/mol. The van der Waals surface area contributed by atoms with Crippen molar-refractivity contribution >= 4 is 0 Å². The molecule has 2 atom stereocenters. The molecule has 1 fully saturated rings. The van der Waals surface area contributed by atoms with Gasteiger partial charge in [-0.2, -0.15) is 4.98 Å². The molecule has 3 rings (SSSR count). The Hall–Kier alpha value is -1.79. The Labute approximate surface area is 137 Å². The molecule has 6 heteroatoms. The van der Waals surface area contributed by atoms with Crippen LogP contribution < -0.4 is 0 Å². The van der Waals surface area contributed by atoms with E-state index in [9.17, 15) is 0 Å². The van der Waals surface area contributed by atoms with E-state index in [2.05, 4.69) is 44.8 Å². The van der Waals surface area contributed by atoms with Gasteiger partial charge in [-0.15, -0.1) is 0 Å². The summed E-state index contributed by atoms with van der Waals surface area (Å²) in [7, 11) is 0. The predicted octanol–water partition coefficient (Wildman–Crippen LogP) is 2.47. The number of hydrogen-bond acceptors (Lipinski definition) is 6. The first-order valence-corrected chi connectivity index (χ1v) is 8.39. The van der Waals surface area contributed by atoms with Crippen LogP contribution in [0.5, 0.6) is 0 Å². The standard InChI is InChI=1S/C17H25N5O/c1-4-16-19-17(23-20-16)14(3)22-10-8-21(9-11-22)13(2)15-6-5-7-18-12-15/h5-7,12-14H,4,8-11H2,1-3H3/t13-,14+/m0/s1. The third-order valence-corrected chi connectivity index (χ3v) is 4.77. The third kappa shape index (κ3) is 3.59. The molecule has 1 aliphatic rings. The van der Waals surface area contributed by atoms with Crippen molar-refractivity contribution in [1.29, 1.82) is 0 Å². The lowest BCUT2D eigenvalue weighted by molar-refractivity contribution is 0.0677. The summed E-state index contributed by atoms with van der Waals surface area (Å²) in [5.74, 6) is 1.52. The molecule has 124 valence electrons. The number of pyridine rings is 1. The number of aromatic nitrogens is 3. The number of hydrogen-bond donors (Lipinski definition) is 0. The zero-order valence-corrected chi connectivity index (χ0v) is 14.1. The van der Waals surface area contributed by atoms with E-state index in [0.717, 1.165) is 44.3 Å². The number of nitrogens with zero attached hydrogens (tertiary/aromatic N) is 5. The van der Waals surface area contributed by atoms with Crippen molar-refractivity contribution in [1.82, 2.24) is 24.9 Å². The quantitative estimate of drug-likeness (QED) is 0.845. The highest BCUT2D eigenvalue weighted by molar-refractivity contribution is 5.13. The molecule has 0 unspecified atom stereocenters. The molecule has 23 heavy (non-hydrogen) atoms. The Morgan fingerprint density at radius 2 is 1.83 bits per heavy atom. The molecule has 0 radical (unpaired) electrons. The molecule has 0 aromatic carbocycles. The summed E-state index contributed by atoms with van der Waals surface area (Å²) in [6.07, 6.45) is 4.60. The molecule has 0 aliphatic carbocycles. The van der Waals surface area contributed by atoms with Crippen LogP contribution in [0.3, 0.4) is 0 Å². The minimum absolute atomic E-state index is 0.179. The predicted molar refractivity (Wildman–Crippen MR) is 87.9 cm³/mol. The Morgan fingerprint density at radius 3 is 2.39 bits per heavy atom. The molecular weight excluding hydrogens is 290 g/mol. The first-order chi connectivity index (χ1) is 11.2. The lowest BCUT2D eigenvalue weighted by atomic mass is 10.1. The van der Waals surface area contributed by atoms with Gasteiger partial charge in [0.1, 0.15) is 0 Å². The maximum atomic E-state index is 5.39. The van der Waals surface area contributed by atoms with Crippen molar-refractivity contribution < 1.29 is 4.52 Å². The zero-order valence-electron chi connectivity index (χ0n) is 14.1. The minimum Gasteiger partial charge on any atom is -0.338 e. The van der Waals surface area contributed by atoms with Crippen LogP contribution in [0.1, 0.15) is 50.1 Å². The molecule has 3 heterocycles. The molecule has 2 aromatic rings. The Bertz CT molecular complexity index is 606. The van der Waals surface area contributed by atoms with Gasteiger partial charge in [-0.05, 0) is 25.5 Å². The zero-order chi connectivity index (χ0) is 16.2. The van der Waals surface area contributed by atoms with Crippen LogP contribution in [0.4, 0.5) is 0 Å². The van der Waals surface area contributed by atoms with E-state index in [1.165, 1.54) is 5.56 Å². The second-order valence-corrected chi connectivity index (χ2v) is 6.11. The van der Waals surface area contributed by atoms with Gasteiger partial charge in [0, 0.05) is 51.0 Å². The summed E-state index contributed by atoms with van der Waals surface area (Å²) in [6.45, 7) is 10.5. The second kappa shape index (κ2) is 7.19. The van der Waals surface area contributed by atoms with E-state index in [1.54, 1.807) is 0 Å². The molecule has 6 nitrogen and oxygen atoms in total. The molecule has 0 spiro atoms. The summed E-state index contributed by atoms with van der Waals surface area (Å²) in [6, 6.07) is 4.73. The molecule has 2 aromatic heterocycles. The van der Waals surface area contributed by atoms with Crippen molar-refractivity contribution in [2.75, 3.05) is 26.2 Å². The van der Waals surface area contributed by atoms with Crippen LogP contribution in [0.25, 0.3) is 0 Å². The Kier molecular flexibility index (Phi) is 5.03. The van der Waals surface area contributed by atoms with Crippen molar-refractivity contribution in [3.63, 3.8) is 0 Å². The third-order valence-electron chi connectivity index (χ3n) is 4.77. The fourth-order valence-electron chi connectivity index (χ4n) is 3.08. The van der Waals surface area contributed by atoms with E-state index in [1.807, 2.05) is 25.4 Å². The molecule has 0 bridgehead atoms. The SMILES string of the molecule is CCc1noc([C@@H](C)N2CCN([C@@H](C)c3cccnc3)CC2)n1. The van der Waals surface area contributed by atoms with E-state index >= 15 is 0 Å². The Balaban J connectivity index is 1.57. The van der Waals surface area contributed by atoms with Gasteiger partial charge in [-0.1, -0.05) is 18.1 Å².